The first-order valence-electron chi connectivity index (χ1n) is 5.55. The molecule has 1 N–H and O–H groups in total. The predicted octanol–water partition coefficient (Wildman–Crippen LogP) is 3.06. The van der Waals surface area contributed by atoms with Crippen molar-refractivity contribution in [3.8, 4) is 5.75 Å². The molecule has 1 aromatic carbocycles. The quantitative estimate of drug-likeness (QED) is 0.921. The van der Waals surface area contributed by atoms with Gasteiger partial charge in [0.05, 0.1) is 24.4 Å². The average molecular weight is 264 g/mol. The second-order valence-electron chi connectivity index (χ2n) is 3.80. The summed E-state index contributed by atoms with van der Waals surface area (Å²) in [6, 6.07) is 7.44. The van der Waals surface area contributed by atoms with Crippen LogP contribution in [0, 0.1) is 6.92 Å². The number of halogens is 1. The number of anilines is 1. The zero-order valence-corrected chi connectivity index (χ0v) is 11.0. The topological polar surface area (TPSA) is 47.0 Å². The number of nitrogens with zero attached hydrogens (tertiary/aromatic N) is 2. The monoisotopic (exact) mass is 263 g/mol. The molecule has 0 aliphatic carbocycles. The molecule has 0 unspecified atom stereocenters. The maximum absolute atomic E-state index is 5.96. The lowest BCUT2D eigenvalue weighted by molar-refractivity contribution is 0.415. The van der Waals surface area contributed by atoms with Crippen LogP contribution < -0.4 is 10.1 Å². The molecule has 0 fully saturated rings. The fraction of sp³-hybridized carbons (Fsp3) is 0.231. The minimum Gasteiger partial charge on any atom is -0.495 e. The molecule has 0 radical (unpaired) electrons. The average Bonchev–Trinajstić information content (AvgIpc) is 2.38. The maximum atomic E-state index is 5.96. The van der Waals surface area contributed by atoms with Crippen LogP contribution in [0.25, 0.3) is 0 Å². The molecule has 2 rings (SSSR count). The van der Waals surface area contributed by atoms with E-state index in [1.54, 1.807) is 19.4 Å². The number of ether oxygens (including phenoxy) is 1. The maximum Gasteiger partial charge on any atom is 0.139 e. The van der Waals surface area contributed by atoms with Crippen molar-refractivity contribution in [1.82, 2.24) is 9.97 Å². The van der Waals surface area contributed by atoms with Crippen molar-refractivity contribution in [2.45, 2.75) is 13.5 Å². The molecule has 2 aromatic rings. The van der Waals surface area contributed by atoms with E-state index < -0.39 is 0 Å². The number of methoxy groups -OCH3 is 1. The van der Waals surface area contributed by atoms with Crippen LogP contribution in [0.3, 0.4) is 0 Å². The van der Waals surface area contributed by atoms with E-state index in [4.69, 9.17) is 16.3 Å². The first kappa shape index (κ1) is 12.6. The van der Waals surface area contributed by atoms with E-state index in [2.05, 4.69) is 15.3 Å². The molecule has 0 atom stereocenters. The van der Waals surface area contributed by atoms with Gasteiger partial charge in [-0.2, -0.15) is 0 Å². The lowest BCUT2D eigenvalue weighted by Crippen LogP contribution is -2.03. The Labute approximate surface area is 111 Å². The van der Waals surface area contributed by atoms with Crippen molar-refractivity contribution in [3.05, 3.63) is 47.0 Å². The van der Waals surface area contributed by atoms with Gasteiger partial charge in [-0.05, 0) is 25.1 Å². The van der Waals surface area contributed by atoms with Gasteiger partial charge in [0.25, 0.3) is 0 Å². The van der Waals surface area contributed by atoms with Gasteiger partial charge >= 0.3 is 0 Å². The molecule has 1 aromatic heterocycles. The Morgan fingerprint density at radius 2 is 2.17 bits per heavy atom. The van der Waals surface area contributed by atoms with Crippen molar-refractivity contribution in [1.29, 1.82) is 0 Å². The number of aromatic nitrogens is 2. The number of rotatable bonds is 4. The van der Waals surface area contributed by atoms with Crippen LogP contribution in [-0.4, -0.2) is 17.1 Å². The van der Waals surface area contributed by atoms with Crippen LogP contribution in [0.1, 0.15) is 11.5 Å². The highest BCUT2D eigenvalue weighted by atomic mass is 35.5. The van der Waals surface area contributed by atoms with Crippen LogP contribution in [0.4, 0.5) is 5.69 Å². The summed E-state index contributed by atoms with van der Waals surface area (Å²) in [5.41, 5.74) is 1.88. The van der Waals surface area contributed by atoms with Gasteiger partial charge in [-0.1, -0.05) is 11.6 Å². The van der Waals surface area contributed by atoms with E-state index >= 15 is 0 Å². The highest BCUT2D eigenvalue weighted by Gasteiger charge is 2.02. The molecule has 0 spiro atoms. The van der Waals surface area contributed by atoms with Gasteiger partial charge in [0.1, 0.15) is 11.6 Å². The van der Waals surface area contributed by atoms with Gasteiger partial charge in [-0.25, -0.2) is 9.97 Å². The van der Waals surface area contributed by atoms with Crippen molar-refractivity contribution < 1.29 is 4.74 Å². The van der Waals surface area contributed by atoms with Gasteiger partial charge in [-0.15, -0.1) is 0 Å². The van der Waals surface area contributed by atoms with Gasteiger partial charge in [-0.3, -0.25) is 0 Å². The van der Waals surface area contributed by atoms with Gasteiger partial charge < -0.3 is 10.1 Å². The molecule has 0 saturated carbocycles. The third kappa shape index (κ3) is 3.11. The summed E-state index contributed by atoms with van der Waals surface area (Å²) in [5.74, 6) is 1.42. The molecule has 0 saturated heterocycles. The summed E-state index contributed by atoms with van der Waals surface area (Å²) >= 11 is 5.96. The highest BCUT2D eigenvalue weighted by molar-refractivity contribution is 6.32. The number of nitrogens with one attached hydrogen (secondary N) is 1. The van der Waals surface area contributed by atoms with Gasteiger partial charge in [0.2, 0.25) is 0 Å². The smallest absolute Gasteiger partial charge is 0.139 e. The van der Waals surface area contributed by atoms with Crippen LogP contribution in [0.5, 0.6) is 5.75 Å². The molecule has 4 nitrogen and oxygen atoms in total. The third-order valence-electron chi connectivity index (χ3n) is 2.46. The van der Waals surface area contributed by atoms with Crippen LogP contribution in [0.2, 0.25) is 5.02 Å². The Kier molecular flexibility index (Phi) is 3.99. The Balaban J connectivity index is 2.06. The van der Waals surface area contributed by atoms with E-state index in [9.17, 15) is 0 Å². The predicted molar refractivity (Wildman–Crippen MR) is 72.1 cm³/mol. The van der Waals surface area contributed by atoms with Gasteiger partial charge in [0, 0.05) is 18.0 Å². The van der Waals surface area contributed by atoms with E-state index in [-0.39, 0.29) is 0 Å². The molecule has 0 bridgehead atoms. The molecule has 0 aliphatic rings. The largest absolute Gasteiger partial charge is 0.495 e. The lowest BCUT2D eigenvalue weighted by Gasteiger charge is -2.09. The second kappa shape index (κ2) is 5.69. The Morgan fingerprint density at radius 3 is 2.89 bits per heavy atom. The normalized spacial score (nSPS) is 10.2. The van der Waals surface area contributed by atoms with E-state index in [0.29, 0.717) is 17.3 Å². The van der Waals surface area contributed by atoms with E-state index in [1.807, 2.05) is 25.1 Å². The standard InChI is InChI=1S/C13H14ClN3O/c1-9-15-6-5-11(17-9)8-16-10-3-4-12(14)13(7-10)18-2/h3-7,16H,8H2,1-2H3. The molecule has 18 heavy (non-hydrogen) atoms. The van der Waals surface area contributed by atoms with Crippen LogP contribution in [0.15, 0.2) is 30.5 Å². The first-order chi connectivity index (χ1) is 8.69. The molecular weight excluding hydrogens is 250 g/mol. The zero-order valence-electron chi connectivity index (χ0n) is 10.3. The summed E-state index contributed by atoms with van der Waals surface area (Å²) in [4.78, 5) is 8.37. The zero-order chi connectivity index (χ0) is 13.0. The fourth-order valence-corrected chi connectivity index (χ4v) is 1.76. The number of benzene rings is 1. The van der Waals surface area contributed by atoms with Crippen molar-refractivity contribution in [3.63, 3.8) is 0 Å². The van der Waals surface area contributed by atoms with Crippen molar-refractivity contribution in [2.75, 3.05) is 12.4 Å². The summed E-state index contributed by atoms with van der Waals surface area (Å²) in [6.45, 7) is 2.50. The highest BCUT2D eigenvalue weighted by Crippen LogP contribution is 2.27. The molecule has 1 heterocycles. The van der Waals surface area contributed by atoms with Gasteiger partial charge in [0.15, 0.2) is 0 Å². The fourth-order valence-electron chi connectivity index (χ4n) is 1.57. The van der Waals surface area contributed by atoms with E-state index in [1.165, 1.54) is 0 Å². The molecular formula is C13H14ClN3O. The Bertz CT molecular complexity index is 546. The molecule has 0 amide bonds. The minimum atomic E-state index is 0.598. The number of hydrogen-bond acceptors (Lipinski definition) is 4. The van der Waals surface area contributed by atoms with Crippen molar-refractivity contribution in [2.24, 2.45) is 0 Å². The van der Waals surface area contributed by atoms with Crippen LogP contribution >= 0.6 is 11.6 Å². The molecule has 0 aliphatic heterocycles. The Morgan fingerprint density at radius 1 is 1.33 bits per heavy atom. The van der Waals surface area contributed by atoms with Crippen LogP contribution in [-0.2, 0) is 6.54 Å². The van der Waals surface area contributed by atoms with Crippen molar-refractivity contribution >= 4 is 17.3 Å². The summed E-state index contributed by atoms with van der Waals surface area (Å²) in [5, 5.41) is 3.86. The lowest BCUT2D eigenvalue weighted by atomic mass is 10.3. The minimum absolute atomic E-state index is 0.598. The van der Waals surface area contributed by atoms with E-state index in [0.717, 1.165) is 17.2 Å². The third-order valence-corrected chi connectivity index (χ3v) is 2.77. The SMILES string of the molecule is COc1cc(NCc2ccnc(C)n2)ccc1Cl. The molecule has 94 valence electrons. The summed E-state index contributed by atoms with van der Waals surface area (Å²) in [7, 11) is 1.60. The number of aryl methyl sites for hydroxylation is 1. The molecule has 5 heteroatoms. The second-order valence-corrected chi connectivity index (χ2v) is 4.21. The number of hydrogen-bond donors (Lipinski definition) is 1. The first-order valence-corrected chi connectivity index (χ1v) is 5.93. The Hall–Kier alpha value is -1.81. The summed E-state index contributed by atoms with van der Waals surface area (Å²) in [6.07, 6.45) is 1.75. The summed E-state index contributed by atoms with van der Waals surface area (Å²) < 4.78 is 5.16.